The van der Waals surface area contributed by atoms with E-state index in [2.05, 4.69) is 22.9 Å². The normalized spacial score (nSPS) is 33.9. The van der Waals surface area contributed by atoms with Crippen molar-refractivity contribution in [2.24, 2.45) is 0 Å². The third-order valence-corrected chi connectivity index (χ3v) is 5.64. The van der Waals surface area contributed by atoms with Crippen LogP contribution in [0.2, 0.25) is 0 Å². The SMILES string of the molecule is CC1SCCC1(O)c1cscc1Br. The molecule has 0 spiro atoms. The van der Waals surface area contributed by atoms with Crippen LogP contribution in [-0.2, 0) is 5.60 Å². The van der Waals surface area contributed by atoms with Crippen molar-refractivity contribution < 1.29 is 5.11 Å². The van der Waals surface area contributed by atoms with Crippen LogP contribution in [0, 0.1) is 0 Å². The van der Waals surface area contributed by atoms with E-state index in [1.165, 1.54) is 0 Å². The number of hydrogen-bond acceptors (Lipinski definition) is 3. The topological polar surface area (TPSA) is 20.2 Å². The number of rotatable bonds is 1. The Labute approximate surface area is 94.7 Å². The molecule has 1 saturated heterocycles. The number of aliphatic hydroxyl groups is 1. The summed E-state index contributed by atoms with van der Waals surface area (Å²) in [5.41, 5.74) is 0.457. The van der Waals surface area contributed by atoms with Crippen LogP contribution < -0.4 is 0 Å². The van der Waals surface area contributed by atoms with E-state index in [1.54, 1.807) is 11.3 Å². The first kappa shape index (κ1) is 10.0. The van der Waals surface area contributed by atoms with Gasteiger partial charge in [-0.1, -0.05) is 6.92 Å². The van der Waals surface area contributed by atoms with Crippen molar-refractivity contribution in [2.45, 2.75) is 24.2 Å². The Bertz CT molecular complexity index is 312. The molecule has 1 aliphatic rings. The second-order valence-corrected chi connectivity index (χ2v) is 6.37. The lowest BCUT2D eigenvalue weighted by atomic mass is 9.91. The van der Waals surface area contributed by atoms with Crippen molar-refractivity contribution in [3.05, 3.63) is 20.8 Å². The molecule has 1 nitrogen and oxygen atoms in total. The molecular formula is C9H11BrOS2. The van der Waals surface area contributed by atoms with E-state index in [1.807, 2.05) is 22.5 Å². The van der Waals surface area contributed by atoms with E-state index < -0.39 is 5.60 Å². The van der Waals surface area contributed by atoms with Gasteiger partial charge in [0.2, 0.25) is 0 Å². The maximum Gasteiger partial charge on any atom is 0.104 e. The highest BCUT2D eigenvalue weighted by Gasteiger charge is 2.41. The largest absolute Gasteiger partial charge is 0.384 e. The van der Waals surface area contributed by atoms with Crippen molar-refractivity contribution >= 4 is 39.0 Å². The van der Waals surface area contributed by atoms with Crippen molar-refractivity contribution in [3.63, 3.8) is 0 Å². The second-order valence-electron chi connectivity index (χ2n) is 3.32. The zero-order chi connectivity index (χ0) is 9.47. The summed E-state index contributed by atoms with van der Waals surface area (Å²) in [6.07, 6.45) is 0.869. The monoisotopic (exact) mass is 278 g/mol. The lowest BCUT2D eigenvalue weighted by Crippen LogP contribution is -2.31. The predicted octanol–water partition coefficient (Wildman–Crippen LogP) is 3.22. The van der Waals surface area contributed by atoms with Crippen LogP contribution in [0.15, 0.2) is 15.2 Å². The molecule has 0 bridgehead atoms. The molecule has 1 N–H and O–H groups in total. The maximum atomic E-state index is 10.5. The standard InChI is InChI=1S/C9H11BrOS2/c1-6-9(11,2-3-13-6)7-4-12-5-8(7)10/h4-6,11H,2-3H2,1H3. The van der Waals surface area contributed by atoms with E-state index >= 15 is 0 Å². The molecule has 0 aliphatic carbocycles. The molecule has 2 atom stereocenters. The molecule has 1 fully saturated rings. The van der Waals surface area contributed by atoms with Gasteiger partial charge in [-0.15, -0.1) is 0 Å². The first-order valence-electron chi connectivity index (χ1n) is 4.21. The molecule has 0 saturated carbocycles. The van der Waals surface area contributed by atoms with Gasteiger partial charge in [0.25, 0.3) is 0 Å². The Morgan fingerprint density at radius 2 is 2.38 bits per heavy atom. The fourth-order valence-corrected chi connectivity index (χ4v) is 4.69. The van der Waals surface area contributed by atoms with Crippen molar-refractivity contribution in [1.29, 1.82) is 0 Å². The zero-order valence-corrected chi connectivity index (χ0v) is 10.5. The van der Waals surface area contributed by atoms with Crippen molar-refractivity contribution in [2.75, 3.05) is 5.75 Å². The summed E-state index contributed by atoms with van der Waals surface area (Å²) in [7, 11) is 0. The summed E-state index contributed by atoms with van der Waals surface area (Å²) in [5, 5.41) is 14.8. The van der Waals surface area contributed by atoms with Gasteiger partial charge in [-0.2, -0.15) is 23.1 Å². The average Bonchev–Trinajstić information content (AvgIpc) is 2.62. The predicted molar refractivity (Wildman–Crippen MR) is 62.5 cm³/mol. The summed E-state index contributed by atoms with van der Waals surface area (Å²) >= 11 is 6.96. The highest BCUT2D eigenvalue weighted by Crippen LogP contribution is 2.46. The van der Waals surface area contributed by atoms with Crippen LogP contribution in [0.4, 0.5) is 0 Å². The van der Waals surface area contributed by atoms with Crippen LogP contribution in [0.25, 0.3) is 0 Å². The molecule has 0 aromatic carbocycles. The molecule has 1 aliphatic heterocycles. The molecular weight excluding hydrogens is 268 g/mol. The van der Waals surface area contributed by atoms with Crippen molar-refractivity contribution in [1.82, 2.24) is 0 Å². The summed E-state index contributed by atoms with van der Waals surface area (Å²) < 4.78 is 1.05. The molecule has 72 valence electrons. The molecule has 2 unspecified atom stereocenters. The molecule has 1 aromatic heterocycles. The smallest absolute Gasteiger partial charge is 0.104 e. The zero-order valence-electron chi connectivity index (χ0n) is 7.29. The number of hydrogen-bond donors (Lipinski definition) is 1. The molecule has 0 radical (unpaired) electrons. The Morgan fingerprint density at radius 3 is 2.85 bits per heavy atom. The minimum absolute atomic E-state index is 0.304. The fraction of sp³-hybridized carbons (Fsp3) is 0.556. The first-order valence-corrected chi connectivity index (χ1v) is 6.99. The minimum Gasteiger partial charge on any atom is -0.384 e. The summed E-state index contributed by atoms with van der Waals surface area (Å²) in [6.45, 7) is 2.10. The van der Waals surface area contributed by atoms with Gasteiger partial charge in [-0.25, -0.2) is 0 Å². The minimum atomic E-state index is -0.608. The Balaban J connectivity index is 2.39. The van der Waals surface area contributed by atoms with E-state index in [0.29, 0.717) is 5.25 Å². The van der Waals surface area contributed by atoms with E-state index in [4.69, 9.17) is 0 Å². The molecule has 4 heteroatoms. The van der Waals surface area contributed by atoms with Crippen LogP contribution in [-0.4, -0.2) is 16.1 Å². The summed E-state index contributed by atoms with van der Waals surface area (Å²) in [5.74, 6) is 1.06. The van der Waals surface area contributed by atoms with Gasteiger partial charge in [-0.05, 0) is 33.5 Å². The van der Waals surface area contributed by atoms with E-state index in [-0.39, 0.29) is 0 Å². The van der Waals surface area contributed by atoms with Gasteiger partial charge in [-0.3, -0.25) is 0 Å². The van der Waals surface area contributed by atoms with Gasteiger partial charge in [0.1, 0.15) is 5.60 Å². The average molecular weight is 279 g/mol. The van der Waals surface area contributed by atoms with Gasteiger partial charge < -0.3 is 5.11 Å². The third-order valence-electron chi connectivity index (χ3n) is 2.60. The molecule has 0 amide bonds. The van der Waals surface area contributed by atoms with Gasteiger partial charge in [0.05, 0.1) is 0 Å². The number of thioether (sulfide) groups is 1. The highest BCUT2D eigenvalue weighted by atomic mass is 79.9. The van der Waals surface area contributed by atoms with Crippen LogP contribution >= 0.6 is 39.0 Å². The van der Waals surface area contributed by atoms with Crippen LogP contribution in [0.1, 0.15) is 18.9 Å². The van der Waals surface area contributed by atoms with E-state index in [0.717, 1.165) is 22.2 Å². The van der Waals surface area contributed by atoms with Gasteiger partial charge in [0, 0.05) is 20.7 Å². The van der Waals surface area contributed by atoms with Crippen LogP contribution in [0.3, 0.4) is 0 Å². The van der Waals surface area contributed by atoms with Gasteiger partial charge >= 0.3 is 0 Å². The maximum absolute atomic E-state index is 10.5. The van der Waals surface area contributed by atoms with E-state index in [9.17, 15) is 5.11 Å². The lowest BCUT2D eigenvalue weighted by Gasteiger charge is -2.26. The number of halogens is 1. The first-order chi connectivity index (χ1) is 6.14. The lowest BCUT2D eigenvalue weighted by molar-refractivity contribution is 0.0424. The quantitative estimate of drug-likeness (QED) is 0.851. The summed E-state index contributed by atoms with van der Waals surface area (Å²) in [4.78, 5) is 0. The number of thiophene rings is 1. The third kappa shape index (κ3) is 1.58. The Kier molecular flexibility index (Phi) is 2.75. The van der Waals surface area contributed by atoms with Gasteiger partial charge in [0.15, 0.2) is 0 Å². The van der Waals surface area contributed by atoms with Crippen molar-refractivity contribution in [3.8, 4) is 0 Å². The molecule has 2 rings (SSSR count). The molecule has 13 heavy (non-hydrogen) atoms. The molecule has 1 aromatic rings. The Morgan fingerprint density at radius 1 is 1.62 bits per heavy atom. The summed E-state index contributed by atoms with van der Waals surface area (Å²) in [6, 6.07) is 0. The molecule has 2 heterocycles. The highest BCUT2D eigenvalue weighted by molar-refractivity contribution is 9.10. The fourth-order valence-electron chi connectivity index (χ4n) is 1.68. The second kappa shape index (κ2) is 3.57. The van der Waals surface area contributed by atoms with Crippen LogP contribution in [0.5, 0.6) is 0 Å². The Hall–Kier alpha value is 0.490.